The van der Waals surface area contributed by atoms with E-state index in [4.69, 9.17) is 4.74 Å². The minimum atomic E-state index is -4.83. The van der Waals surface area contributed by atoms with Gasteiger partial charge < -0.3 is 15.0 Å². The van der Waals surface area contributed by atoms with Crippen LogP contribution in [0.15, 0.2) is 47.4 Å². The SMILES string of the molecule is O=C(Nc1cc(C(F)(F)F)ccc1N1CCOCC1)c1ccc(S(=O)(=O)C(F)F)cc1. The summed E-state index contributed by atoms with van der Waals surface area (Å²) in [5, 5.41) is 2.40. The lowest BCUT2D eigenvalue weighted by Gasteiger charge is -2.31. The monoisotopic (exact) mass is 464 g/mol. The number of hydrogen-bond donors (Lipinski definition) is 1. The standard InChI is InChI=1S/C19H17F5N2O4S/c20-18(21)31(28,29)14-4-1-12(2-5-14)17(27)25-15-11-13(19(22,23)24)3-6-16(15)26-7-9-30-10-8-26/h1-6,11,18H,7-10H2,(H,25,27). The number of anilines is 2. The minimum absolute atomic E-state index is 0.0917. The number of nitrogens with zero attached hydrogens (tertiary/aromatic N) is 1. The van der Waals surface area contributed by atoms with Crippen molar-refractivity contribution >= 4 is 27.1 Å². The van der Waals surface area contributed by atoms with Crippen molar-refractivity contribution < 1.29 is 39.9 Å². The average Bonchev–Trinajstić information content (AvgIpc) is 2.73. The summed E-state index contributed by atoms with van der Waals surface area (Å²) >= 11 is 0. The number of hydrogen-bond acceptors (Lipinski definition) is 5. The summed E-state index contributed by atoms with van der Waals surface area (Å²) in [5.74, 6) is -4.44. The molecule has 2 aromatic rings. The number of sulfone groups is 1. The van der Waals surface area contributed by atoms with Gasteiger partial charge in [0.25, 0.3) is 5.91 Å². The van der Waals surface area contributed by atoms with E-state index in [0.29, 0.717) is 32.0 Å². The molecule has 0 unspecified atom stereocenters. The first-order valence-electron chi connectivity index (χ1n) is 8.97. The van der Waals surface area contributed by atoms with Crippen molar-refractivity contribution in [1.82, 2.24) is 0 Å². The summed E-state index contributed by atoms with van der Waals surface area (Å²) in [6.07, 6.45) is -4.63. The van der Waals surface area contributed by atoms with E-state index >= 15 is 0 Å². The van der Waals surface area contributed by atoms with Crippen LogP contribution in [-0.4, -0.2) is 46.4 Å². The normalized spacial score (nSPS) is 15.2. The largest absolute Gasteiger partial charge is 0.416 e. The number of carbonyl (C=O) groups excluding carboxylic acids is 1. The van der Waals surface area contributed by atoms with Crippen molar-refractivity contribution in [1.29, 1.82) is 0 Å². The highest BCUT2D eigenvalue weighted by Crippen LogP contribution is 2.36. The molecular formula is C19H17F5N2O4S. The zero-order chi connectivity index (χ0) is 22.8. The molecule has 1 heterocycles. The maximum absolute atomic E-state index is 13.2. The van der Waals surface area contributed by atoms with Crippen LogP contribution in [0.2, 0.25) is 0 Å². The van der Waals surface area contributed by atoms with Gasteiger partial charge in [-0.1, -0.05) is 0 Å². The molecule has 1 aliphatic heterocycles. The molecule has 2 aromatic carbocycles. The lowest BCUT2D eigenvalue weighted by atomic mass is 10.1. The Hall–Kier alpha value is -2.73. The van der Waals surface area contributed by atoms with Crippen LogP contribution in [0.1, 0.15) is 15.9 Å². The Labute approximate surface area is 174 Å². The molecule has 0 bridgehead atoms. The first-order chi connectivity index (χ1) is 14.5. The number of morpholine rings is 1. The second-order valence-electron chi connectivity index (χ2n) is 6.61. The van der Waals surface area contributed by atoms with Crippen LogP contribution >= 0.6 is 0 Å². The van der Waals surface area contributed by atoms with Crippen LogP contribution in [0.4, 0.5) is 33.3 Å². The van der Waals surface area contributed by atoms with Crippen molar-refractivity contribution in [3.05, 3.63) is 53.6 Å². The van der Waals surface area contributed by atoms with Gasteiger partial charge in [0.05, 0.1) is 35.0 Å². The Morgan fingerprint density at radius 2 is 1.65 bits per heavy atom. The molecule has 6 nitrogen and oxygen atoms in total. The zero-order valence-electron chi connectivity index (χ0n) is 15.8. The third-order valence-electron chi connectivity index (χ3n) is 4.60. The number of halogens is 5. The fourth-order valence-electron chi connectivity index (χ4n) is 2.99. The van der Waals surface area contributed by atoms with E-state index in [-0.39, 0.29) is 11.3 Å². The number of ether oxygens (including phenoxy) is 1. The predicted octanol–water partition coefficient (Wildman–Crippen LogP) is 3.79. The van der Waals surface area contributed by atoms with Crippen molar-refractivity contribution in [2.45, 2.75) is 16.8 Å². The second-order valence-corrected chi connectivity index (χ2v) is 8.53. The summed E-state index contributed by atoms with van der Waals surface area (Å²) in [6, 6.07) is 6.65. The van der Waals surface area contributed by atoms with Gasteiger partial charge in [-0.2, -0.15) is 22.0 Å². The van der Waals surface area contributed by atoms with Gasteiger partial charge in [-0.25, -0.2) is 8.42 Å². The first-order valence-corrected chi connectivity index (χ1v) is 10.5. The molecule has 0 saturated carbocycles. The van der Waals surface area contributed by atoms with Crippen molar-refractivity contribution in [2.75, 3.05) is 36.5 Å². The van der Waals surface area contributed by atoms with Gasteiger partial charge in [-0.05, 0) is 42.5 Å². The summed E-state index contributed by atoms with van der Waals surface area (Å²) in [6.45, 7) is 1.56. The van der Waals surface area contributed by atoms with Crippen LogP contribution in [0.5, 0.6) is 0 Å². The van der Waals surface area contributed by atoms with Gasteiger partial charge in [-0.3, -0.25) is 4.79 Å². The molecule has 0 atom stereocenters. The summed E-state index contributed by atoms with van der Waals surface area (Å²) in [5.41, 5.74) is -0.802. The van der Waals surface area contributed by atoms with Gasteiger partial charge in [0.15, 0.2) is 0 Å². The highest BCUT2D eigenvalue weighted by atomic mass is 32.2. The van der Waals surface area contributed by atoms with Gasteiger partial charge in [0.1, 0.15) is 0 Å². The highest BCUT2D eigenvalue weighted by Gasteiger charge is 2.32. The lowest BCUT2D eigenvalue weighted by molar-refractivity contribution is -0.137. The van der Waals surface area contributed by atoms with E-state index in [2.05, 4.69) is 5.32 Å². The number of alkyl halides is 5. The molecule has 1 amide bonds. The van der Waals surface area contributed by atoms with Crippen LogP contribution < -0.4 is 10.2 Å². The first kappa shape index (κ1) is 22.9. The minimum Gasteiger partial charge on any atom is -0.378 e. The topological polar surface area (TPSA) is 75.7 Å². The summed E-state index contributed by atoms with van der Waals surface area (Å²) in [7, 11) is -4.83. The maximum Gasteiger partial charge on any atom is 0.416 e. The Morgan fingerprint density at radius 3 is 2.19 bits per heavy atom. The average molecular weight is 464 g/mol. The fraction of sp³-hybridized carbons (Fsp3) is 0.316. The molecule has 1 aliphatic rings. The molecule has 1 fully saturated rings. The molecule has 168 valence electrons. The molecule has 0 spiro atoms. The molecule has 1 N–H and O–H groups in total. The van der Waals surface area contributed by atoms with E-state index in [9.17, 15) is 35.2 Å². The Morgan fingerprint density at radius 1 is 1.03 bits per heavy atom. The molecule has 3 rings (SSSR count). The van der Waals surface area contributed by atoms with Gasteiger partial charge in [-0.15, -0.1) is 0 Å². The summed E-state index contributed by atoms with van der Waals surface area (Å²) in [4.78, 5) is 13.7. The molecule has 0 aromatic heterocycles. The van der Waals surface area contributed by atoms with Gasteiger partial charge >= 0.3 is 11.9 Å². The van der Waals surface area contributed by atoms with Gasteiger partial charge in [0.2, 0.25) is 9.84 Å². The van der Waals surface area contributed by atoms with Crippen LogP contribution in [0.3, 0.4) is 0 Å². The molecule has 0 radical (unpaired) electrons. The molecule has 0 aliphatic carbocycles. The smallest absolute Gasteiger partial charge is 0.378 e. The number of amides is 1. The van der Waals surface area contributed by atoms with Crippen LogP contribution in [0.25, 0.3) is 0 Å². The Kier molecular flexibility index (Phi) is 6.51. The maximum atomic E-state index is 13.2. The third kappa shape index (κ3) is 5.13. The third-order valence-corrected chi connectivity index (χ3v) is 6.00. The number of nitrogens with one attached hydrogen (secondary N) is 1. The predicted molar refractivity (Wildman–Crippen MR) is 102 cm³/mol. The van der Waals surface area contributed by atoms with E-state index in [0.717, 1.165) is 36.4 Å². The fourth-order valence-corrected chi connectivity index (χ4v) is 3.71. The molecule has 31 heavy (non-hydrogen) atoms. The van der Waals surface area contributed by atoms with Crippen molar-refractivity contribution in [2.24, 2.45) is 0 Å². The number of benzene rings is 2. The van der Waals surface area contributed by atoms with Crippen LogP contribution in [-0.2, 0) is 20.8 Å². The second kappa shape index (κ2) is 8.79. The van der Waals surface area contributed by atoms with E-state index in [1.165, 1.54) is 6.07 Å². The quantitative estimate of drug-likeness (QED) is 0.682. The van der Waals surface area contributed by atoms with Crippen LogP contribution in [0, 0.1) is 0 Å². The number of rotatable bonds is 5. The Balaban J connectivity index is 1.90. The van der Waals surface area contributed by atoms with E-state index in [1.54, 1.807) is 4.90 Å². The Bertz CT molecular complexity index is 1050. The van der Waals surface area contributed by atoms with Gasteiger partial charge in [0, 0.05) is 18.7 Å². The van der Waals surface area contributed by atoms with Crippen molar-refractivity contribution in [3.63, 3.8) is 0 Å². The van der Waals surface area contributed by atoms with E-state index < -0.39 is 38.1 Å². The molecule has 12 heteroatoms. The van der Waals surface area contributed by atoms with Crippen molar-refractivity contribution in [3.8, 4) is 0 Å². The highest BCUT2D eigenvalue weighted by molar-refractivity contribution is 7.91. The zero-order valence-corrected chi connectivity index (χ0v) is 16.6. The number of carbonyl (C=O) groups is 1. The van der Waals surface area contributed by atoms with E-state index in [1.807, 2.05) is 0 Å². The molecule has 1 saturated heterocycles. The molecular weight excluding hydrogens is 447 g/mol. The lowest BCUT2D eigenvalue weighted by Crippen LogP contribution is -2.36. The summed E-state index contributed by atoms with van der Waals surface area (Å²) < 4.78 is 92.9.